The topological polar surface area (TPSA) is 80.2 Å². The van der Waals surface area contributed by atoms with Crippen LogP contribution in [0, 0.1) is 0 Å². The number of carbonyl (C=O) groups excluding carboxylic acids is 2. The first-order valence-electron chi connectivity index (χ1n) is 3.12. The number of methoxy groups -OCH3 is 1. The molecule has 0 bridgehead atoms. The summed E-state index contributed by atoms with van der Waals surface area (Å²) in [4.78, 5) is 20.9. The molecule has 6 heteroatoms. The highest BCUT2D eigenvalue weighted by atomic mass is 35.5. The van der Waals surface area contributed by atoms with E-state index in [0.717, 1.165) is 0 Å². The van der Waals surface area contributed by atoms with E-state index in [-0.39, 0.29) is 19.0 Å². The summed E-state index contributed by atoms with van der Waals surface area (Å²) in [5.41, 5.74) is 3.43. The van der Waals surface area contributed by atoms with Gasteiger partial charge in [0.2, 0.25) is 6.04 Å². The zero-order chi connectivity index (χ0) is 8.85. The lowest BCUT2D eigenvalue weighted by molar-refractivity contribution is -0.413. The molecule has 0 saturated heterocycles. The lowest BCUT2D eigenvalue weighted by Gasteiger charge is -2.04. The van der Waals surface area contributed by atoms with E-state index in [9.17, 15) is 9.59 Å². The van der Waals surface area contributed by atoms with E-state index in [1.165, 1.54) is 14.0 Å². The van der Waals surface area contributed by atoms with Gasteiger partial charge in [0.25, 0.3) is 0 Å². The molecule has 0 saturated carbocycles. The maximum absolute atomic E-state index is 10.6. The fraction of sp³-hybridized carbons (Fsp3) is 0.667. The van der Waals surface area contributed by atoms with Crippen LogP contribution in [0.1, 0.15) is 6.92 Å². The van der Waals surface area contributed by atoms with Crippen LogP contribution in [0.2, 0.25) is 0 Å². The fourth-order valence-corrected chi connectivity index (χ4v) is 0.453. The molecule has 0 aliphatic carbocycles. The Kier molecular flexibility index (Phi) is 7.88. The summed E-state index contributed by atoms with van der Waals surface area (Å²) in [5.74, 6) is -0.909. The third-order valence-corrected chi connectivity index (χ3v) is 1.02. The normalized spacial score (nSPS) is 10.9. The summed E-state index contributed by atoms with van der Waals surface area (Å²) >= 11 is 0. The van der Waals surface area contributed by atoms with Gasteiger partial charge in [-0.05, 0) is 0 Å². The van der Waals surface area contributed by atoms with E-state index in [1.807, 2.05) is 0 Å². The SMILES string of the molecule is COC(=O)C([NH3+])COC(C)=O.[Cl-]. The van der Waals surface area contributed by atoms with Crippen LogP contribution in [-0.2, 0) is 19.1 Å². The summed E-state index contributed by atoms with van der Waals surface area (Å²) in [7, 11) is 1.26. The van der Waals surface area contributed by atoms with Crippen LogP contribution in [0.3, 0.4) is 0 Å². The second-order valence-electron chi connectivity index (χ2n) is 2.02. The number of quaternary nitrogens is 1. The molecule has 0 aromatic carbocycles. The molecule has 0 heterocycles. The zero-order valence-corrected chi connectivity index (χ0v) is 7.76. The molecule has 1 atom stereocenters. The number of ether oxygens (including phenoxy) is 2. The lowest BCUT2D eigenvalue weighted by Crippen LogP contribution is -3.00. The second-order valence-corrected chi connectivity index (χ2v) is 2.02. The number of carbonyl (C=O) groups is 2. The lowest BCUT2D eigenvalue weighted by atomic mass is 10.3. The van der Waals surface area contributed by atoms with Crippen molar-refractivity contribution in [1.82, 2.24) is 0 Å². The van der Waals surface area contributed by atoms with Gasteiger partial charge in [0.15, 0.2) is 6.61 Å². The molecule has 1 unspecified atom stereocenters. The van der Waals surface area contributed by atoms with Gasteiger partial charge in [-0.2, -0.15) is 0 Å². The first-order valence-corrected chi connectivity index (χ1v) is 3.12. The minimum Gasteiger partial charge on any atom is -1.00 e. The highest BCUT2D eigenvalue weighted by molar-refractivity contribution is 5.74. The maximum atomic E-state index is 10.6. The molecule has 0 fully saturated rings. The van der Waals surface area contributed by atoms with Crippen LogP contribution >= 0.6 is 0 Å². The number of hydrogen-bond donors (Lipinski definition) is 1. The van der Waals surface area contributed by atoms with Crippen LogP contribution in [0.25, 0.3) is 0 Å². The Labute approximate surface area is 76.6 Å². The van der Waals surface area contributed by atoms with Gasteiger partial charge in [-0.25, -0.2) is 4.79 Å². The Bertz CT molecular complexity index is 162. The highest BCUT2D eigenvalue weighted by Gasteiger charge is 2.18. The molecule has 72 valence electrons. The van der Waals surface area contributed by atoms with E-state index in [0.29, 0.717) is 0 Å². The Morgan fingerprint density at radius 1 is 1.50 bits per heavy atom. The van der Waals surface area contributed by atoms with Crippen LogP contribution in [0.4, 0.5) is 0 Å². The van der Waals surface area contributed by atoms with Crippen molar-refractivity contribution in [2.24, 2.45) is 0 Å². The van der Waals surface area contributed by atoms with Gasteiger partial charge in [-0.1, -0.05) is 0 Å². The standard InChI is InChI=1S/C6H11NO4.ClH/c1-4(8)11-3-5(7)6(9)10-2;/h5H,3,7H2,1-2H3;1H. The number of esters is 2. The van der Waals surface area contributed by atoms with Gasteiger partial charge in [0.05, 0.1) is 7.11 Å². The van der Waals surface area contributed by atoms with Crippen LogP contribution in [0.15, 0.2) is 0 Å². The van der Waals surface area contributed by atoms with Crippen molar-refractivity contribution < 1.29 is 37.2 Å². The monoisotopic (exact) mass is 197 g/mol. The average Bonchev–Trinajstić information content (AvgIpc) is 1.98. The van der Waals surface area contributed by atoms with E-state index in [2.05, 4.69) is 15.2 Å². The highest BCUT2D eigenvalue weighted by Crippen LogP contribution is 1.83. The van der Waals surface area contributed by atoms with Crippen LogP contribution < -0.4 is 18.1 Å². The molecular weight excluding hydrogens is 186 g/mol. The van der Waals surface area contributed by atoms with Crippen molar-refractivity contribution in [3.05, 3.63) is 0 Å². The smallest absolute Gasteiger partial charge is 0.368 e. The third-order valence-electron chi connectivity index (χ3n) is 1.02. The van der Waals surface area contributed by atoms with Gasteiger partial charge >= 0.3 is 11.9 Å². The molecule has 0 radical (unpaired) electrons. The second kappa shape index (κ2) is 6.87. The Morgan fingerprint density at radius 3 is 2.33 bits per heavy atom. The first kappa shape index (κ1) is 13.8. The molecule has 0 aromatic rings. The number of halogens is 1. The summed E-state index contributed by atoms with van der Waals surface area (Å²) < 4.78 is 8.88. The van der Waals surface area contributed by atoms with Crippen molar-refractivity contribution in [1.29, 1.82) is 0 Å². The predicted molar refractivity (Wildman–Crippen MR) is 35.3 cm³/mol. The third kappa shape index (κ3) is 5.94. The molecule has 5 nitrogen and oxygen atoms in total. The minimum atomic E-state index is -0.635. The zero-order valence-electron chi connectivity index (χ0n) is 7.00. The Hall–Kier alpha value is -0.810. The molecule has 0 aliphatic rings. The van der Waals surface area contributed by atoms with E-state index in [1.54, 1.807) is 0 Å². The number of hydrogen-bond acceptors (Lipinski definition) is 4. The molecule has 0 aliphatic heterocycles. The summed E-state index contributed by atoms with van der Waals surface area (Å²) in [6.07, 6.45) is 0. The fourth-order valence-electron chi connectivity index (χ4n) is 0.453. The van der Waals surface area contributed by atoms with Crippen molar-refractivity contribution in [3.63, 3.8) is 0 Å². The largest absolute Gasteiger partial charge is 1.00 e. The van der Waals surface area contributed by atoms with E-state index < -0.39 is 18.0 Å². The predicted octanol–water partition coefficient (Wildman–Crippen LogP) is -4.66. The summed E-state index contributed by atoms with van der Waals surface area (Å²) in [6.45, 7) is 1.24. The van der Waals surface area contributed by atoms with Crippen molar-refractivity contribution in [2.45, 2.75) is 13.0 Å². The molecule has 0 spiro atoms. The quantitative estimate of drug-likeness (QED) is 0.462. The van der Waals surface area contributed by atoms with Gasteiger partial charge in [0, 0.05) is 6.92 Å². The van der Waals surface area contributed by atoms with Crippen molar-refractivity contribution >= 4 is 11.9 Å². The van der Waals surface area contributed by atoms with E-state index in [4.69, 9.17) is 0 Å². The molecule has 3 N–H and O–H groups in total. The molecule has 12 heavy (non-hydrogen) atoms. The molecular formula is C6H12ClNO4. The van der Waals surface area contributed by atoms with Gasteiger partial charge in [0.1, 0.15) is 0 Å². The van der Waals surface area contributed by atoms with E-state index >= 15 is 0 Å². The maximum Gasteiger partial charge on any atom is 0.368 e. The van der Waals surface area contributed by atoms with Crippen molar-refractivity contribution in [2.75, 3.05) is 13.7 Å². The van der Waals surface area contributed by atoms with Gasteiger partial charge in [-0.3, -0.25) is 4.79 Å². The molecule has 0 rings (SSSR count). The average molecular weight is 198 g/mol. The van der Waals surface area contributed by atoms with Gasteiger partial charge < -0.3 is 27.6 Å². The summed E-state index contributed by atoms with van der Waals surface area (Å²) in [6, 6.07) is -0.635. The first-order chi connectivity index (χ1) is 5.07. The Morgan fingerprint density at radius 2 is 2.00 bits per heavy atom. The minimum absolute atomic E-state index is 0. The molecule has 0 aromatic heterocycles. The van der Waals surface area contributed by atoms with Crippen LogP contribution in [-0.4, -0.2) is 31.7 Å². The molecule has 0 amide bonds. The van der Waals surface area contributed by atoms with Crippen molar-refractivity contribution in [3.8, 4) is 0 Å². The van der Waals surface area contributed by atoms with Crippen LogP contribution in [0.5, 0.6) is 0 Å². The summed E-state index contributed by atoms with van der Waals surface area (Å²) in [5, 5.41) is 0. The van der Waals surface area contributed by atoms with Gasteiger partial charge in [-0.15, -0.1) is 0 Å². The number of rotatable bonds is 3. The Balaban J connectivity index is 0.